The summed E-state index contributed by atoms with van der Waals surface area (Å²) in [5.74, 6) is -1.06. The molecule has 1 aromatic carbocycles. The van der Waals surface area contributed by atoms with Crippen molar-refractivity contribution in [3.63, 3.8) is 0 Å². The highest BCUT2D eigenvalue weighted by Gasteiger charge is 2.10. The molecule has 0 unspecified atom stereocenters. The lowest BCUT2D eigenvalue weighted by molar-refractivity contribution is 0.0944. The van der Waals surface area contributed by atoms with E-state index >= 15 is 0 Å². The standard InChI is InChI=1S/C8H7ClFN3OS/c9-6-3-4(10)1-2-5(6)7(14)12-13-8(11)15/h1-3H,(H,12,14)(H3,11,13,15). The molecule has 0 heterocycles. The van der Waals surface area contributed by atoms with E-state index in [1.807, 2.05) is 0 Å². The van der Waals surface area contributed by atoms with Gasteiger partial charge >= 0.3 is 0 Å². The smallest absolute Gasteiger partial charge is 0.271 e. The minimum Gasteiger partial charge on any atom is -0.375 e. The fourth-order valence-corrected chi connectivity index (χ4v) is 1.16. The molecule has 0 aliphatic heterocycles. The molecule has 4 N–H and O–H groups in total. The molecule has 0 saturated heterocycles. The number of amides is 1. The second-order valence-electron chi connectivity index (χ2n) is 2.57. The topological polar surface area (TPSA) is 67.2 Å². The van der Waals surface area contributed by atoms with Crippen molar-refractivity contribution in [2.45, 2.75) is 0 Å². The highest BCUT2D eigenvalue weighted by atomic mass is 35.5. The summed E-state index contributed by atoms with van der Waals surface area (Å²) in [5.41, 5.74) is 9.66. The second kappa shape index (κ2) is 4.90. The summed E-state index contributed by atoms with van der Waals surface area (Å²) in [7, 11) is 0. The zero-order valence-electron chi connectivity index (χ0n) is 7.38. The number of carbonyl (C=O) groups excluding carboxylic acids is 1. The highest BCUT2D eigenvalue weighted by Crippen LogP contribution is 2.16. The third kappa shape index (κ3) is 3.34. The molecule has 7 heteroatoms. The van der Waals surface area contributed by atoms with Crippen LogP contribution in [0, 0.1) is 5.82 Å². The van der Waals surface area contributed by atoms with Crippen LogP contribution in [0.25, 0.3) is 0 Å². The van der Waals surface area contributed by atoms with Gasteiger partial charge in [-0.2, -0.15) is 0 Å². The van der Waals surface area contributed by atoms with Gasteiger partial charge in [0.15, 0.2) is 5.11 Å². The summed E-state index contributed by atoms with van der Waals surface area (Å²) in [6.07, 6.45) is 0. The summed E-state index contributed by atoms with van der Waals surface area (Å²) in [6.45, 7) is 0. The quantitative estimate of drug-likeness (QED) is 0.511. The first-order valence-electron chi connectivity index (χ1n) is 3.81. The number of hydrogen-bond acceptors (Lipinski definition) is 2. The Hall–Kier alpha value is -1.40. The fraction of sp³-hybridized carbons (Fsp3) is 0. The molecule has 0 aliphatic carbocycles. The van der Waals surface area contributed by atoms with Gasteiger partial charge in [0, 0.05) is 0 Å². The lowest BCUT2D eigenvalue weighted by Gasteiger charge is -2.07. The monoisotopic (exact) mass is 247 g/mol. The molecule has 15 heavy (non-hydrogen) atoms. The zero-order chi connectivity index (χ0) is 11.4. The average Bonchev–Trinajstić information content (AvgIpc) is 2.14. The van der Waals surface area contributed by atoms with E-state index in [-0.39, 0.29) is 15.7 Å². The molecule has 1 rings (SSSR count). The van der Waals surface area contributed by atoms with Crippen LogP contribution in [0.1, 0.15) is 10.4 Å². The van der Waals surface area contributed by atoms with Crippen molar-refractivity contribution in [2.24, 2.45) is 5.73 Å². The van der Waals surface area contributed by atoms with Gasteiger partial charge in [-0.25, -0.2) is 4.39 Å². The molecule has 0 atom stereocenters. The van der Waals surface area contributed by atoms with E-state index in [0.29, 0.717) is 0 Å². The Bertz CT molecular complexity index is 413. The summed E-state index contributed by atoms with van der Waals surface area (Å²) < 4.78 is 12.7. The van der Waals surface area contributed by atoms with Crippen LogP contribution in [-0.4, -0.2) is 11.0 Å². The maximum absolute atomic E-state index is 12.7. The Morgan fingerprint density at radius 3 is 2.67 bits per heavy atom. The van der Waals surface area contributed by atoms with E-state index in [1.54, 1.807) is 0 Å². The molecule has 0 aromatic heterocycles. The Kier molecular flexibility index (Phi) is 3.81. The Morgan fingerprint density at radius 2 is 2.13 bits per heavy atom. The van der Waals surface area contributed by atoms with Gasteiger partial charge in [-0.05, 0) is 30.4 Å². The number of nitrogens with two attached hydrogens (primary N) is 1. The number of hydrogen-bond donors (Lipinski definition) is 3. The van der Waals surface area contributed by atoms with Crippen molar-refractivity contribution in [3.05, 3.63) is 34.6 Å². The van der Waals surface area contributed by atoms with E-state index < -0.39 is 11.7 Å². The number of rotatable bonds is 1. The highest BCUT2D eigenvalue weighted by molar-refractivity contribution is 7.80. The Labute approximate surface area is 95.6 Å². The van der Waals surface area contributed by atoms with Crippen LogP contribution < -0.4 is 16.6 Å². The minimum absolute atomic E-state index is 0.0113. The number of hydrazine groups is 1. The van der Waals surface area contributed by atoms with Crippen LogP contribution in [0.4, 0.5) is 4.39 Å². The van der Waals surface area contributed by atoms with Gasteiger partial charge in [0.1, 0.15) is 5.82 Å². The predicted molar refractivity (Wildman–Crippen MR) is 58.8 cm³/mol. The molecule has 0 fully saturated rings. The minimum atomic E-state index is -0.548. The van der Waals surface area contributed by atoms with Crippen molar-refractivity contribution >= 4 is 34.8 Å². The number of carbonyl (C=O) groups is 1. The summed E-state index contributed by atoms with van der Waals surface area (Å²) >= 11 is 10.1. The van der Waals surface area contributed by atoms with Gasteiger partial charge in [0.05, 0.1) is 10.6 Å². The van der Waals surface area contributed by atoms with Gasteiger partial charge in [-0.15, -0.1) is 0 Å². The third-order valence-corrected chi connectivity index (χ3v) is 1.89. The Morgan fingerprint density at radius 1 is 1.47 bits per heavy atom. The molecular weight excluding hydrogens is 241 g/mol. The molecule has 0 radical (unpaired) electrons. The van der Waals surface area contributed by atoms with Crippen molar-refractivity contribution in [2.75, 3.05) is 0 Å². The van der Waals surface area contributed by atoms with E-state index in [0.717, 1.165) is 12.1 Å². The van der Waals surface area contributed by atoms with Gasteiger partial charge in [-0.1, -0.05) is 11.6 Å². The molecule has 1 amide bonds. The largest absolute Gasteiger partial charge is 0.375 e. The summed E-state index contributed by atoms with van der Waals surface area (Å²) in [4.78, 5) is 11.4. The third-order valence-electron chi connectivity index (χ3n) is 1.47. The maximum atomic E-state index is 12.7. The molecule has 4 nitrogen and oxygen atoms in total. The number of benzene rings is 1. The summed E-state index contributed by atoms with van der Waals surface area (Å²) in [5, 5.41) is -0.0705. The van der Waals surface area contributed by atoms with Gasteiger partial charge < -0.3 is 5.73 Å². The van der Waals surface area contributed by atoms with Crippen LogP contribution in [0.2, 0.25) is 5.02 Å². The van der Waals surface area contributed by atoms with Crippen molar-refractivity contribution in [1.82, 2.24) is 10.9 Å². The first-order valence-corrected chi connectivity index (χ1v) is 4.60. The number of thiocarbonyl (C=S) groups is 1. The van der Waals surface area contributed by atoms with E-state index in [4.69, 9.17) is 17.3 Å². The van der Waals surface area contributed by atoms with Crippen molar-refractivity contribution < 1.29 is 9.18 Å². The van der Waals surface area contributed by atoms with Gasteiger partial charge in [-0.3, -0.25) is 15.6 Å². The van der Waals surface area contributed by atoms with Gasteiger partial charge in [0.2, 0.25) is 0 Å². The molecular formula is C8H7ClFN3OS. The molecule has 80 valence electrons. The first-order chi connectivity index (χ1) is 7.00. The van der Waals surface area contributed by atoms with E-state index in [9.17, 15) is 9.18 Å². The van der Waals surface area contributed by atoms with Crippen molar-refractivity contribution in [3.8, 4) is 0 Å². The van der Waals surface area contributed by atoms with Crippen LogP contribution >= 0.6 is 23.8 Å². The molecule has 0 bridgehead atoms. The molecule has 1 aromatic rings. The molecule has 0 saturated carbocycles. The van der Waals surface area contributed by atoms with Gasteiger partial charge in [0.25, 0.3) is 5.91 Å². The second-order valence-corrected chi connectivity index (χ2v) is 3.41. The maximum Gasteiger partial charge on any atom is 0.271 e. The Balaban J connectivity index is 2.78. The number of nitrogens with one attached hydrogen (secondary N) is 2. The SMILES string of the molecule is NC(=S)NNC(=O)c1ccc(F)cc1Cl. The molecule has 0 aliphatic rings. The average molecular weight is 248 g/mol. The predicted octanol–water partition coefficient (Wildman–Crippen LogP) is 0.957. The zero-order valence-corrected chi connectivity index (χ0v) is 8.95. The molecule has 0 spiro atoms. The normalized spacial score (nSPS) is 9.47. The van der Waals surface area contributed by atoms with E-state index in [1.165, 1.54) is 6.07 Å². The van der Waals surface area contributed by atoms with Crippen LogP contribution in [0.5, 0.6) is 0 Å². The van der Waals surface area contributed by atoms with Crippen LogP contribution in [-0.2, 0) is 0 Å². The lowest BCUT2D eigenvalue weighted by atomic mass is 10.2. The lowest BCUT2D eigenvalue weighted by Crippen LogP contribution is -2.44. The van der Waals surface area contributed by atoms with Crippen LogP contribution in [0.15, 0.2) is 18.2 Å². The fourth-order valence-electron chi connectivity index (χ4n) is 0.859. The van der Waals surface area contributed by atoms with Crippen molar-refractivity contribution in [1.29, 1.82) is 0 Å². The number of halogens is 2. The summed E-state index contributed by atoms with van der Waals surface area (Å²) in [6, 6.07) is 3.42. The first kappa shape index (κ1) is 11.7. The van der Waals surface area contributed by atoms with E-state index in [2.05, 4.69) is 23.1 Å². The van der Waals surface area contributed by atoms with Crippen LogP contribution in [0.3, 0.4) is 0 Å².